The van der Waals surface area contributed by atoms with E-state index >= 15 is 0 Å². The van der Waals surface area contributed by atoms with Crippen LogP contribution in [0.2, 0.25) is 0 Å². The Kier molecular flexibility index (Phi) is 4.56. The molecule has 2 N–H and O–H groups in total. The van der Waals surface area contributed by atoms with Gasteiger partial charge in [-0.2, -0.15) is 0 Å². The highest BCUT2D eigenvalue weighted by Gasteiger charge is 2.13. The van der Waals surface area contributed by atoms with E-state index in [0.717, 1.165) is 30.4 Å². The number of aromatic nitrogens is 2. The predicted octanol–water partition coefficient (Wildman–Crippen LogP) is 1.04. The number of thioether (sulfide) groups is 1. The van der Waals surface area contributed by atoms with Gasteiger partial charge in [-0.25, -0.2) is 4.98 Å². The highest BCUT2D eigenvalue weighted by molar-refractivity contribution is 7.98. The summed E-state index contributed by atoms with van der Waals surface area (Å²) in [5.74, 6) is 0. The van der Waals surface area contributed by atoms with E-state index in [9.17, 15) is 0 Å². The highest BCUT2D eigenvalue weighted by Crippen LogP contribution is 2.14. The van der Waals surface area contributed by atoms with Crippen LogP contribution in [0.15, 0.2) is 17.4 Å². The van der Waals surface area contributed by atoms with E-state index in [2.05, 4.69) is 20.6 Å². The van der Waals surface area contributed by atoms with Crippen molar-refractivity contribution >= 4 is 11.8 Å². The maximum Gasteiger partial charge on any atom is 0.119 e. The highest BCUT2D eigenvalue weighted by atomic mass is 32.2. The van der Waals surface area contributed by atoms with Crippen LogP contribution < -0.4 is 10.6 Å². The Balaban J connectivity index is 1.88. The molecular weight excluding hydrogens is 220 g/mol. The molecule has 1 aliphatic heterocycles. The molecule has 1 aromatic heterocycles. The number of nitrogens with one attached hydrogen (secondary N) is 2. The zero-order valence-corrected chi connectivity index (χ0v) is 10.4. The molecule has 88 valence electrons. The molecule has 1 aromatic rings. The molecular formula is C11H18N4S. The standard InChI is InChI=1S/C11H18N4S/c1-16-11-10(13-6-7-14-11)8-15-9-2-4-12-5-3-9/h6-7,9,12,15H,2-5,8H2,1H3. The lowest BCUT2D eigenvalue weighted by atomic mass is 10.1. The van der Waals surface area contributed by atoms with Gasteiger partial charge in [-0.05, 0) is 32.2 Å². The second-order valence-electron chi connectivity index (χ2n) is 3.92. The number of piperidine rings is 1. The van der Waals surface area contributed by atoms with Crippen LogP contribution in [0.25, 0.3) is 0 Å². The van der Waals surface area contributed by atoms with Crippen molar-refractivity contribution in [3.05, 3.63) is 18.1 Å². The molecule has 0 amide bonds. The van der Waals surface area contributed by atoms with Crippen molar-refractivity contribution in [1.29, 1.82) is 0 Å². The minimum atomic E-state index is 0.623. The molecule has 0 radical (unpaired) electrons. The van der Waals surface area contributed by atoms with Gasteiger partial charge in [0, 0.05) is 25.0 Å². The topological polar surface area (TPSA) is 49.8 Å². The van der Waals surface area contributed by atoms with Crippen molar-refractivity contribution in [2.24, 2.45) is 0 Å². The van der Waals surface area contributed by atoms with Crippen LogP contribution in [0.1, 0.15) is 18.5 Å². The Hall–Kier alpha value is -0.650. The van der Waals surface area contributed by atoms with Crippen LogP contribution in [-0.4, -0.2) is 35.4 Å². The number of nitrogens with zero attached hydrogens (tertiary/aromatic N) is 2. The molecule has 2 rings (SSSR count). The second-order valence-corrected chi connectivity index (χ2v) is 4.71. The van der Waals surface area contributed by atoms with Crippen molar-refractivity contribution in [3.63, 3.8) is 0 Å². The molecule has 0 bridgehead atoms. The van der Waals surface area contributed by atoms with Crippen LogP contribution in [0.4, 0.5) is 0 Å². The summed E-state index contributed by atoms with van der Waals surface area (Å²) in [6.07, 6.45) is 7.96. The number of hydrogen-bond acceptors (Lipinski definition) is 5. The summed E-state index contributed by atoms with van der Waals surface area (Å²) in [5, 5.41) is 7.95. The van der Waals surface area contributed by atoms with Gasteiger partial charge in [-0.15, -0.1) is 11.8 Å². The third kappa shape index (κ3) is 3.17. The summed E-state index contributed by atoms with van der Waals surface area (Å²) < 4.78 is 0. The van der Waals surface area contributed by atoms with E-state index in [0.29, 0.717) is 6.04 Å². The average molecular weight is 238 g/mol. The largest absolute Gasteiger partial charge is 0.317 e. The molecule has 1 aliphatic rings. The normalized spacial score (nSPS) is 17.6. The first-order valence-electron chi connectivity index (χ1n) is 5.68. The minimum Gasteiger partial charge on any atom is -0.317 e. The number of rotatable bonds is 4. The Morgan fingerprint density at radius 2 is 2.12 bits per heavy atom. The fraction of sp³-hybridized carbons (Fsp3) is 0.636. The predicted molar refractivity (Wildman–Crippen MR) is 66.5 cm³/mol. The molecule has 0 aliphatic carbocycles. The third-order valence-corrected chi connectivity index (χ3v) is 3.55. The van der Waals surface area contributed by atoms with Gasteiger partial charge in [-0.3, -0.25) is 4.98 Å². The van der Waals surface area contributed by atoms with E-state index < -0.39 is 0 Å². The first kappa shape index (κ1) is 11.8. The van der Waals surface area contributed by atoms with Crippen molar-refractivity contribution in [2.45, 2.75) is 30.5 Å². The molecule has 4 nitrogen and oxygen atoms in total. The van der Waals surface area contributed by atoms with E-state index in [4.69, 9.17) is 0 Å². The Bertz CT molecular complexity index is 326. The minimum absolute atomic E-state index is 0.623. The molecule has 0 unspecified atom stereocenters. The van der Waals surface area contributed by atoms with Crippen LogP contribution >= 0.6 is 11.8 Å². The molecule has 0 atom stereocenters. The second kappa shape index (κ2) is 6.18. The van der Waals surface area contributed by atoms with Crippen LogP contribution in [0.3, 0.4) is 0 Å². The lowest BCUT2D eigenvalue weighted by Gasteiger charge is -2.23. The van der Waals surface area contributed by atoms with Gasteiger partial charge in [0.05, 0.1) is 5.69 Å². The van der Waals surface area contributed by atoms with Gasteiger partial charge in [0.1, 0.15) is 5.03 Å². The first-order chi connectivity index (χ1) is 7.90. The number of hydrogen-bond donors (Lipinski definition) is 2. The molecule has 1 fully saturated rings. The molecule has 5 heteroatoms. The summed E-state index contributed by atoms with van der Waals surface area (Å²) in [5.41, 5.74) is 1.06. The lowest BCUT2D eigenvalue weighted by molar-refractivity contribution is 0.383. The summed E-state index contributed by atoms with van der Waals surface area (Å²) in [7, 11) is 0. The third-order valence-electron chi connectivity index (χ3n) is 2.83. The summed E-state index contributed by atoms with van der Waals surface area (Å²) in [4.78, 5) is 8.68. The fourth-order valence-corrected chi connectivity index (χ4v) is 2.44. The summed E-state index contributed by atoms with van der Waals surface area (Å²) >= 11 is 1.66. The maximum atomic E-state index is 4.37. The Morgan fingerprint density at radius 3 is 2.88 bits per heavy atom. The van der Waals surface area contributed by atoms with Crippen LogP contribution in [0.5, 0.6) is 0 Å². The summed E-state index contributed by atoms with van der Waals surface area (Å²) in [6, 6.07) is 0.623. The fourth-order valence-electron chi connectivity index (χ4n) is 1.91. The van der Waals surface area contributed by atoms with Crippen LogP contribution in [-0.2, 0) is 6.54 Å². The molecule has 2 heterocycles. The average Bonchev–Trinajstić information content (AvgIpc) is 2.38. The quantitative estimate of drug-likeness (QED) is 0.768. The van der Waals surface area contributed by atoms with Gasteiger partial charge in [-0.1, -0.05) is 0 Å². The smallest absolute Gasteiger partial charge is 0.119 e. The Labute approximate surface area is 101 Å². The monoisotopic (exact) mass is 238 g/mol. The van der Waals surface area contributed by atoms with E-state index in [1.165, 1.54) is 12.8 Å². The Morgan fingerprint density at radius 1 is 1.38 bits per heavy atom. The first-order valence-corrected chi connectivity index (χ1v) is 6.90. The molecule has 0 saturated carbocycles. The van der Waals surface area contributed by atoms with Crippen molar-refractivity contribution in [2.75, 3.05) is 19.3 Å². The maximum absolute atomic E-state index is 4.37. The van der Waals surface area contributed by atoms with Gasteiger partial charge in [0.15, 0.2) is 0 Å². The van der Waals surface area contributed by atoms with Gasteiger partial charge >= 0.3 is 0 Å². The lowest BCUT2D eigenvalue weighted by Crippen LogP contribution is -2.39. The SMILES string of the molecule is CSc1nccnc1CNC1CCNCC1. The van der Waals surface area contributed by atoms with E-state index in [1.54, 1.807) is 24.2 Å². The van der Waals surface area contributed by atoms with Crippen molar-refractivity contribution in [3.8, 4) is 0 Å². The molecule has 0 spiro atoms. The van der Waals surface area contributed by atoms with Crippen molar-refractivity contribution < 1.29 is 0 Å². The molecule has 0 aromatic carbocycles. The van der Waals surface area contributed by atoms with Gasteiger partial charge < -0.3 is 10.6 Å². The van der Waals surface area contributed by atoms with Crippen molar-refractivity contribution in [1.82, 2.24) is 20.6 Å². The van der Waals surface area contributed by atoms with Gasteiger partial charge in [0.25, 0.3) is 0 Å². The summed E-state index contributed by atoms with van der Waals surface area (Å²) in [6.45, 7) is 3.07. The zero-order valence-electron chi connectivity index (χ0n) is 9.57. The zero-order chi connectivity index (χ0) is 11.2. The van der Waals surface area contributed by atoms with E-state index in [-0.39, 0.29) is 0 Å². The van der Waals surface area contributed by atoms with Crippen LogP contribution in [0, 0.1) is 0 Å². The molecule has 16 heavy (non-hydrogen) atoms. The molecule has 1 saturated heterocycles. The van der Waals surface area contributed by atoms with Gasteiger partial charge in [0.2, 0.25) is 0 Å². The van der Waals surface area contributed by atoms with E-state index in [1.807, 2.05) is 6.26 Å².